The molecule has 138 valence electrons. The Morgan fingerprint density at radius 1 is 1.08 bits per heavy atom. The van der Waals surface area contributed by atoms with Gasteiger partial charge in [-0.2, -0.15) is 0 Å². The molecule has 26 heavy (non-hydrogen) atoms. The summed E-state index contributed by atoms with van der Waals surface area (Å²) in [6.07, 6.45) is 7.33. The van der Waals surface area contributed by atoms with Crippen molar-refractivity contribution in [2.75, 3.05) is 19.5 Å². The molecule has 1 aromatic heterocycles. The summed E-state index contributed by atoms with van der Waals surface area (Å²) in [5, 5.41) is 6.37. The Labute approximate surface area is 153 Å². The molecule has 3 rings (SSSR count). The highest BCUT2D eigenvalue weighted by atomic mass is 16.5. The number of benzene rings is 1. The first kappa shape index (κ1) is 18.0. The van der Waals surface area contributed by atoms with Gasteiger partial charge in [0.2, 0.25) is 0 Å². The van der Waals surface area contributed by atoms with Gasteiger partial charge in [-0.25, -0.2) is 0 Å². The van der Waals surface area contributed by atoms with E-state index in [1.165, 1.54) is 19.3 Å². The number of methoxy groups -OCH3 is 2. The lowest BCUT2D eigenvalue weighted by atomic mass is 9.95. The quantitative estimate of drug-likeness (QED) is 0.822. The summed E-state index contributed by atoms with van der Waals surface area (Å²) in [7, 11) is 3.23. The summed E-state index contributed by atoms with van der Waals surface area (Å²) in [4.78, 5) is 16.7. The molecule has 0 unspecified atom stereocenters. The first-order chi connectivity index (χ1) is 12.7. The fraction of sp³-hybridized carbons (Fsp3) is 0.400. The predicted octanol–water partition coefficient (Wildman–Crippen LogP) is 3.90. The topological polar surface area (TPSA) is 72.5 Å². The number of pyridine rings is 1. The van der Waals surface area contributed by atoms with Gasteiger partial charge in [-0.05, 0) is 37.1 Å². The number of nitrogens with one attached hydrogen (secondary N) is 2. The SMILES string of the molecule is COc1ccc(OC)c(Nc2ccnc(C(=O)NC3CCCCC3)c2)c1. The molecule has 1 heterocycles. The van der Waals surface area contributed by atoms with Crippen molar-refractivity contribution in [3.8, 4) is 11.5 Å². The lowest BCUT2D eigenvalue weighted by Crippen LogP contribution is -2.36. The molecule has 0 bridgehead atoms. The highest BCUT2D eigenvalue weighted by Gasteiger charge is 2.17. The number of hydrogen-bond donors (Lipinski definition) is 2. The maximum absolute atomic E-state index is 12.5. The van der Waals surface area contributed by atoms with Gasteiger partial charge in [0, 0.05) is 24.0 Å². The van der Waals surface area contributed by atoms with E-state index in [0.29, 0.717) is 11.4 Å². The van der Waals surface area contributed by atoms with E-state index < -0.39 is 0 Å². The first-order valence-electron chi connectivity index (χ1n) is 8.95. The molecule has 1 fully saturated rings. The number of amides is 1. The third-order valence-corrected chi connectivity index (χ3v) is 4.62. The van der Waals surface area contributed by atoms with Gasteiger partial charge >= 0.3 is 0 Å². The molecule has 2 N–H and O–H groups in total. The minimum absolute atomic E-state index is 0.127. The molecule has 6 nitrogen and oxygen atoms in total. The second-order valence-corrected chi connectivity index (χ2v) is 6.43. The van der Waals surface area contributed by atoms with Crippen LogP contribution >= 0.6 is 0 Å². The number of aromatic nitrogens is 1. The Morgan fingerprint density at radius 2 is 1.88 bits per heavy atom. The highest BCUT2D eigenvalue weighted by molar-refractivity contribution is 5.93. The van der Waals surface area contributed by atoms with Gasteiger partial charge in [-0.15, -0.1) is 0 Å². The zero-order valence-corrected chi connectivity index (χ0v) is 15.2. The van der Waals surface area contributed by atoms with Crippen LogP contribution in [-0.4, -0.2) is 31.2 Å². The summed E-state index contributed by atoms with van der Waals surface area (Å²) >= 11 is 0. The van der Waals surface area contributed by atoms with E-state index in [-0.39, 0.29) is 11.9 Å². The van der Waals surface area contributed by atoms with Gasteiger partial charge in [-0.3, -0.25) is 9.78 Å². The Morgan fingerprint density at radius 3 is 2.62 bits per heavy atom. The van der Waals surface area contributed by atoms with Crippen molar-refractivity contribution < 1.29 is 14.3 Å². The van der Waals surface area contributed by atoms with Crippen molar-refractivity contribution in [1.29, 1.82) is 0 Å². The molecule has 1 amide bonds. The summed E-state index contributed by atoms with van der Waals surface area (Å²) in [5.41, 5.74) is 1.93. The number of anilines is 2. The number of rotatable bonds is 6. The van der Waals surface area contributed by atoms with Crippen LogP contribution in [0.3, 0.4) is 0 Å². The maximum atomic E-state index is 12.5. The smallest absolute Gasteiger partial charge is 0.270 e. The van der Waals surface area contributed by atoms with Gasteiger partial charge in [-0.1, -0.05) is 19.3 Å². The number of ether oxygens (including phenoxy) is 2. The largest absolute Gasteiger partial charge is 0.497 e. The van der Waals surface area contributed by atoms with Gasteiger partial charge < -0.3 is 20.1 Å². The van der Waals surface area contributed by atoms with Gasteiger partial charge in [0.1, 0.15) is 17.2 Å². The van der Waals surface area contributed by atoms with Crippen molar-refractivity contribution in [3.05, 3.63) is 42.2 Å². The Bertz CT molecular complexity index is 758. The first-order valence-corrected chi connectivity index (χ1v) is 8.95. The zero-order valence-electron chi connectivity index (χ0n) is 15.2. The molecular weight excluding hydrogens is 330 g/mol. The molecule has 0 atom stereocenters. The second-order valence-electron chi connectivity index (χ2n) is 6.43. The maximum Gasteiger partial charge on any atom is 0.270 e. The standard InChI is InChI=1S/C20H25N3O3/c1-25-16-8-9-19(26-2)17(13-16)22-15-10-11-21-18(12-15)20(24)23-14-6-4-3-5-7-14/h8-14H,3-7H2,1-2H3,(H,21,22)(H,23,24). The monoisotopic (exact) mass is 355 g/mol. The van der Waals surface area contributed by atoms with Crippen molar-refractivity contribution >= 4 is 17.3 Å². The van der Waals surface area contributed by atoms with Gasteiger partial charge in [0.15, 0.2) is 0 Å². The van der Waals surface area contributed by atoms with E-state index in [9.17, 15) is 4.79 Å². The minimum Gasteiger partial charge on any atom is -0.497 e. The molecule has 1 aliphatic carbocycles. The van der Waals surface area contributed by atoms with Crippen molar-refractivity contribution in [2.24, 2.45) is 0 Å². The number of carbonyl (C=O) groups excluding carboxylic acids is 1. The summed E-state index contributed by atoms with van der Waals surface area (Å²) in [5.74, 6) is 1.28. The van der Waals surface area contributed by atoms with Crippen LogP contribution in [0.25, 0.3) is 0 Å². The van der Waals surface area contributed by atoms with Crippen LogP contribution in [0.2, 0.25) is 0 Å². The third-order valence-electron chi connectivity index (χ3n) is 4.62. The molecule has 1 aromatic carbocycles. The summed E-state index contributed by atoms with van der Waals surface area (Å²) < 4.78 is 10.6. The Kier molecular flexibility index (Phi) is 5.94. The molecule has 0 radical (unpaired) electrons. The highest BCUT2D eigenvalue weighted by Crippen LogP contribution is 2.31. The lowest BCUT2D eigenvalue weighted by molar-refractivity contribution is 0.0922. The van der Waals surface area contributed by atoms with Gasteiger partial charge in [0.25, 0.3) is 5.91 Å². The van der Waals surface area contributed by atoms with Crippen molar-refractivity contribution in [2.45, 2.75) is 38.1 Å². The molecule has 2 aromatic rings. The van der Waals surface area contributed by atoms with Crippen LogP contribution in [0.15, 0.2) is 36.5 Å². The van der Waals surface area contributed by atoms with Crippen LogP contribution < -0.4 is 20.1 Å². The summed E-state index contributed by atoms with van der Waals surface area (Å²) in [6.45, 7) is 0. The molecule has 1 aliphatic rings. The molecular formula is C20H25N3O3. The Hall–Kier alpha value is -2.76. The van der Waals surface area contributed by atoms with Crippen LogP contribution in [0.4, 0.5) is 11.4 Å². The van der Waals surface area contributed by atoms with Gasteiger partial charge in [0.05, 0.1) is 19.9 Å². The van der Waals surface area contributed by atoms with Crippen molar-refractivity contribution in [3.63, 3.8) is 0 Å². The zero-order chi connectivity index (χ0) is 18.4. The van der Waals surface area contributed by atoms with E-state index >= 15 is 0 Å². The average Bonchev–Trinajstić information content (AvgIpc) is 2.69. The average molecular weight is 355 g/mol. The van der Waals surface area contributed by atoms with E-state index in [2.05, 4.69) is 15.6 Å². The van der Waals surface area contributed by atoms with Crippen LogP contribution in [0.1, 0.15) is 42.6 Å². The lowest BCUT2D eigenvalue weighted by Gasteiger charge is -2.22. The number of hydrogen-bond acceptors (Lipinski definition) is 5. The van der Waals surface area contributed by atoms with E-state index in [4.69, 9.17) is 9.47 Å². The van der Waals surface area contributed by atoms with E-state index in [1.54, 1.807) is 26.5 Å². The predicted molar refractivity (Wildman–Crippen MR) is 101 cm³/mol. The van der Waals surface area contributed by atoms with Crippen LogP contribution in [0, 0.1) is 0 Å². The van der Waals surface area contributed by atoms with E-state index in [0.717, 1.165) is 30.0 Å². The third kappa shape index (κ3) is 4.45. The minimum atomic E-state index is -0.127. The molecule has 0 spiro atoms. The fourth-order valence-corrected chi connectivity index (χ4v) is 3.21. The fourth-order valence-electron chi connectivity index (χ4n) is 3.21. The molecule has 0 aliphatic heterocycles. The normalized spacial score (nSPS) is 14.5. The molecule has 1 saturated carbocycles. The van der Waals surface area contributed by atoms with Crippen LogP contribution in [0.5, 0.6) is 11.5 Å². The second kappa shape index (κ2) is 8.56. The number of carbonyl (C=O) groups is 1. The van der Waals surface area contributed by atoms with Crippen molar-refractivity contribution in [1.82, 2.24) is 10.3 Å². The van der Waals surface area contributed by atoms with E-state index in [1.807, 2.05) is 24.3 Å². The van der Waals surface area contributed by atoms with Crippen LogP contribution in [-0.2, 0) is 0 Å². The Balaban J connectivity index is 1.74. The molecule has 0 saturated heterocycles. The molecule has 6 heteroatoms. The number of nitrogens with zero attached hydrogens (tertiary/aromatic N) is 1. The summed E-state index contributed by atoms with van der Waals surface area (Å²) in [6, 6.07) is 9.33.